The largest absolute Gasteiger partial charge is 0.366 e. The molecule has 0 fully saturated rings. The number of hydrogen-bond donors (Lipinski definition) is 1. The van der Waals surface area contributed by atoms with E-state index in [1.54, 1.807) is 6.07 Å². The molecule has 0 radical (unpaired) electrons. The fourth-order valence-electron chi connectivity index (χ4n) is 1.94. The summed E-state index contributed by atoms with van der Waals surface area (Å²) in [7, 11) is 0. The van der Waals surface area contributed by atoms with Gasteiger partial charge in [-0.15, -0.1) is 0 Å². The maximum Gasteiger partial charge on any atom is 0.0973 e. The molecular formula is C14H11Cl2N3. The fraction of sp³-hybridized carbons (Fsp3) is 0.0714. The van der Waals surface area contributed by atoms with Gasteiger partial charge in [-0.1, -0.05) is 35.3 Å². The number of nitrogens with zero attached hydrogens (tertiary/aromatic N) is 2. The predicted molar refractivity (Wildman–Crippen MR) is 79.8 cm³/mol. The Morgan fingerprint density at radius 2 is 1.95 bits per heavy atom. The third kappa shape index (κ3) is 2.53. The lowest BCUT2D eigenvalue weighted by Crippen LogP contribution is -2.07. The lowest BCUT2D eigenvalue weighted by molar-refractivity contribution is 0.800. The molecule has 0 spiro atoms. The van der Waals surface area contributed by atoms with Crippen molar-refractivity contribution in [2.75, 3.05) is 5.32 Å². The Hall–Kier alpha value is -1.71. The first kappa shape index (κ1) is 12.3. The van der Waals surface area contributed by atoms with E-state index in [1.807, 2.05) is 47.3 Å². The first-order chi connectivity index (χ1) is 9.24. The molecule has 0 aliphatic heterocycles. The number of fused-ring (bicyclic) bond motifs is 1. The highest BCUT2D eigenvalue weighted by molar-refractivity contribution is 6.36. The molecular weight excluding hydrogens is 281 g/mol. The second-order valence-electron chi connectivity index (χ2n) is 4.16. The van der Waals surface area contributed by atoms with Crippen LogP contribution in [0.3, 0.4) is 0 Å². The summed E-state index contributed by atoms with van der Waals surface area (Å²) >= 11 is 12.0. The van der Waals surface area contributed by atoms with E-state index in [-0.39, 0.29) is 0 Å². The average Bonchev–Trinajstić information content (AvgIpc) is 2.81. The van der Waals surface area contributed by atoms with Crippen LogP contribution in [0.15, 0.2) is 48.8 Å². The molecule has 0 aliphatic carbocycles. The molecule has 0 saturated carbocycles. The summed E-state index contributed by atoms with van der Waals surface area (Å²) in [5, 5.41) is 4.50. The maximum absolute atomic E-state index is 6.12. The van der Waals surface area contributed by atoms with E-state index >= 15 is 0 Å². The number of nitrogens with one attached hydrogen (secondary N) is 1. The van der Waals surface area contributed by atoms with E-state index in [1.165, 1.54) is 0 Å². The van der Waals surface area contributed by atoms with Gasteiger partial charge in [-0.05, 0) is 30.3 Å². The van der Waals surface area contributed by atoms with E-state index in [2.05, 4.69) is 10.3 Å². The van der Waals surface area contributed by atoms with Gasteiger partial charge in [0.2, 0.25) is 0 Å². The molecule has 96 valence electrons. The number of aromatic nitrogens is 2. The van der Waals surface area contributed by atoms with Crippen molar-refractivity contribution in [1.29, 1.82) is 0 Å². The standard InChI is InChI=1S/C14H11Cl2N3/c15-10-5-6-12(11(16)7-10)17-8-19-9-18-13-3-1-2-4-14(13)19/h1-7,9,17H,8H2. The second kappa shape index (κ2) is 5.11. The molecule has 3 nitrogen and oxygen atoms in total. The van der Waals surface area contributed by atoms with E-state index in [4.69, 9.17) is 23.2 Å². The Bertz CT molecular complexity index is 722. The number of imidazole rings is 1. The SMILES string of the molecule is Clc1ccc(NCn2cnc3ccccc32)c(Cl)c1. The van der Waals surface area contributed by atoms with Gasteiger partial charge >= 0.3 is 0 Å². The van der Waals surface area contributed by atoms with Crippen LogP contribution >= 0.6 is 23.2 Å². The van der Waals surface area contributed by atoms with Gasteiger partial charge in [-0.2, -0.15) is 0 Å². The zero-order valence-corrected chi connectivity index (χ0v) is 11.5. The van der Waals surface area contributed by atoms with Crippen LogP contribution in [0.1, 0.15) is 0 Å². The first-order valence-corrected chi connectivity index (χ1v) is 6.58. The summed E-state index contributed by atoms with van der Waals surface area (Å²) in [5.74, 6) is 0. The van der Waals surface area contributed by atoms with E-state index in [0.717, 1.165) is 16.7 Å². The molecule has 0 amide bonds. The summed E-state index contributed by atoms with van der Waals surface area (Å²) in [6.07, 6.45) is 1.81. The topological polar surface area (TPSA) is 29.9 Å². The third-order valence-corrected chi connectivity index (χ3v) is 3.45. The highest BCUT2D eigenvalue weighted by Crippen LogP contribution is 2.25. The van der Waals surface area contributed by atoms with Crippen molar-refractivity contribution in [2.24, 2.45) is 0 Å². The van der Waals surface area contributed by atoms with Crippen molar-refractivity contribution >= 4 is 39.9 Å². The second-order valence-corrected chi connectivity index (χ2v) is 5.01. The minimum absolute atomic E-state index is 0.599. The molecule has 0 unspecified atom stereocenters. The van der Waals surface area contributed by atoms with Crippen LogP contribution in [0, 0.1) is 0 Å². The quantitative estimate of drug-likeness (QED) is 0.774. The number of halogens is 2. The Morgan fingerprint density at radius 1 is 1.11 bits per heavy atom. The molecule has 0 saturated heterocycles. The first-order valence-electron chi connectivity index (χ1n) is 5.83. The molecule has 1 heterocycles. The van der Waals surface area contributed by atoms with Gasteiger partial charge in [0.05, 0.1) is 34.7 Å². The van der Waals surface area contributed by atoms with Crippen molar-refractivity contribution in [3.8, 4) is 0 Å². The Morgan fingerprint density at radius 3 is 2.79 bits per heavy atom. The lowest BCUT2D eigenvalue weighted by atomic mass is 10.3. The Labute approximate surface area is 120 Å². The van der Waals surface area contributed by atoms with Crippen molar-refractivity contribution in [2.45, 2.75) is 6.67 Å². The Kier molecular flexibility index (Phi) is 3.32. The lowest BCUT2D eigenvalue weighted by Gasteiger charge is -2.10. The van der Waals surface area contributed by atoms with Gasteiger partial charge in [-0.3, -0.25) is 0 Å². The number of anilines is 1. The molecule has 1 aromatic heterocycles. The van der Waals surface area contributed by atoms with Crippen LogP contribution in [0.25, 0.3) is 11.0 Å². The van der Waals surface area contributed by atoms with Crippen LogP contribution in [0.4, 0.5) is 5.69 Å². The summed E-state index contributed by atoms with van der Waals surface area (Å²) in [6, 6.07) is 13.4. The van der Waals surface area contributed by atoms with Gasteiger partial charge in [0.25, 0.3) is 0 Å². The summed E-state index contributed by atoms with van der Waals surface area (Å²) in [6.45, 7) is 0.599. The monoisotopic (exact) mass is 291 g/mol. The maximum atomic E-state index is 6.12. The van der Waals surface area contributed by atoms with Gasteiger partial charge in [0.1, 0.15) is 0 Å². The summed E-state index contributed by atoms with van der Waals surface area (Å²) in [5.41, 5.74) is 2.91. The predicted octanol–water partition coefficient (Wildman–Crippen LogP) is 4.41. The summed E-state index contributed by atoms with van der Waals surface area (Å²) in [4.78, 5) is 4.34. The van der Waals surface area contributed by atoms with Crippen molar-refractivity contribution in [3.05, 3.63) is 58.8 Å². The zero-order valence-electron chi connectivity index (χ0n) is 9.98. The van der Waals surface area contributed by atoms with E-state index < -0.39 is 0 Å². The van der Waals surface area contributed by atoms with Gasteiger partial charge < -0.3 is 9.88 Å². The minimum Gasteiger partial charge on any atom is -0.366 e. The molecule has 0 atom stereocenters. The number of rotatable bonds is 3. The normalized spacial score (nSPS) is 10.8. The minimum atomic E-state index is 0.599. The van der Waals surface area contributed by atoms with Crippen molar-refractivity contribution < 1.29 is 0 Å². The number of hydrogen-bond acceptors (Lipinski definition) is 2. The van der Waals surface area contributed by atoms with Crippen LogP contribution in [0.2, 0.25) is 10.0 Å². The fourth-order valence-corrected chi connectivity index (χ4v) is 2.41. The number of benzene rings is 2. The molecule has 2 aromatic carbocycles. The average molecular weight is 292 g/mol. The van der Waals surface area contributed by atoms with Crippen molar-refractivity contribution in [1.82, 2.24) is 9.55 Å². The van der Waals surface area contributed by atoms with Gasteiger partial charge in [0.15, 0.2) is 0 Å². The smallest absolute Gasteiger partial charge is 0.0973 e. The van der Waals surface area contributed by atoms with Crippen LogP contribution < -0.4 is 5.32 Å². The van der Waals surface area contributed by atoms with Gasteiger partial charge in [-0.25, -0.2) is 4.98 Å². The highest BCUT2D eigenvalue weighted by Gasteiger charge is 2.03. The van der Waals surface area contributed by atoms with E-state index in [0.29, 0.717) is 16.7 Å². The summed E-state index contributed by atoms with van der Waals surface area (Å²) < 4.78 is 2.03. The highest BCUT2D eigenvalue weighted by atomic mass is 35.5. The van der Waals surface area contributed by atoms with Crippen LogP contribution in [0.5, 0.6) is 0 Å². The van der Waals surface area contributed by atoms with Gasteiger partial charge in [0, 0.05) is 5.02 Å². The third-order valence-electron chi connectivity index (χ3n) is 2.90. The molecule has 5 heteroatoms. The molecule has 3 rings (SSSR count). The van der Waals surface area contributed by atoms with Crippen LogP contribution in [-0.2, 0) is 6.67 Å². The number of para-hydroxylation sites is 2. The van der Waals surface area contributed by atoms with E-state index in [9.17, 15) is 0 Å². The molecule has 3 aromatic rings. The van der Waals surface area contributed by atoms with Crippen LogP contribution in [-0.4, -0.2) is 9.55 Å². The molecule has 0 bridgehead atoms. The Balaban J connectivity index is 1.82. The zero-order chi connectivity index (χ0) is 13.2. The molecule has 1 N–H and O–H groups in total. The molecule has 0 aliphatic rings. The van der Waals surface area contributed by atoms with Crippen molar-refractivity contribution in [3.63, 3.8) is 0 Å². The molecule has 19 heavy (non-hydrogen) atoms.